The molecule has 1 heterocycles. The van der Waals surface area contributed by atoms with Gasteiger partial charge in [0.2, 0.25) is 0 Å². The molecule has 0 aliphatic carbocycles. The second-order valence-corrected chi connectivity index (χ2v) is 3.36. The number of anilines is 1. The summed E-state index contributed by atoms with van der Waals surface area (Å²) in [5.74, 6) is -0.0362. The van der Waals surface area contributed by atoms with Crippen molar-refractivity contribution in [3.05, 3.63) is 29.8 Å². The Bertz CT molecular complexity index is 401. The highest BCUT2D eigenvalue weighted by molar-refractivity contribution is 6.04. The maximum absolute atomic E-state index is 11.6. The van der Waals surface area contributed by atoms with Gasteiger partial charge in [0.05, 0.1) is 25.1 Å². The van der Waals surface area contributed by atoms with E-state index in [1.54, 1.807) is 12.4 Å². The molecule has 0 fully saturated rings. The van der Waals surface area contributed by atoms with Gasteiger partial charge in [0.15, 0.2) is 5.78 Å². The van der Waals surface area contributed by atoms with Crippen molar-refractivity contribution >= 4 is 17.8 Å². The molecule has 0 radical (unpaired) electrons. The van der Waals surface area contributed by atoms with E-state index in [1.807, 2.05) is 23.1 Å². The number of Topliss-reactive ketones (excluding diaryl/α,β-unsaturated/α-hetero) is 1. The topological polar surface area (TPSA) is 58.7 Å². The van der Waals surface area contributed by atoms with Gasteiger partial charge in [-0.1, -0.05) is 12.1 Å². The number of ketones is 1. The van der Waals surface area contributed by atoms with Crippen LogP contribution in [0.4, 0.5) is 5.69 Å². The van der Waals surface area contributed by atoms with Gasteiger partial charge in [0.25, 0.3) is 0 Å². The summed E-state index contributed by atoms with van der Waals surface area (Å²) in [6.07, 6.45) is 1.77. The van der Waals surface area contributed by atoms with Crippen molar-refractivity contribution in [1.82, 2.24) is 0 Å². The summed E-state index contributed by atoms with van der Waals surface area (Å²) in [5, 5.41) is 0. The van der Waals surface area contributed by atoms with E-state index < -0.39 is 0 Å². The fourth-order valence-electron chi connectivity index (χ4n) is 1.63. The molecule has 1 aromatic carbocycles. The summed E-state index contributed by atoms with van der Waals surface area (Å²) in [5.41, 5.74) is 6.94. The molecule has 0 unspecified atom stereocenters. The van der Waals surface area contributed by atoms with Gasteiger partial charge in [-0.25, -0.2) is 0 Å². The zero-order valence-electron chi connectivity index (χ0n) is 8.39. The number of benzene rings is 1. The molecule has 2 rings (SSSR count). The van der Waals surface area contributed by atoms with Gasteiger partial charge in [-0.05, 0) is 12.1 Å². The van der Waals surface area contributed by atoms with Crippen LogP contribution in [-0.2, 0) is 0 Å². The van der Waals surface area contributed by atoms with E-state index in [9.17, 15) is 4.79 Å². The Morgan fingerprint density at radius 3 is 2.93 bits per heavy atom. The number of hydrogen-bond acceptors (Lipinski definition) is 4. The Balaban J connectivity index is 2.37. The predicted octanol–water partition coefficient (Wildman–Crippen LogP) is 0.676. The second-order valence-electron chi connectivity index (χ2n) is 3.36. The summed E-state index contributed by atoms with van der Waals surface area (Å²) in [6, 6.07) is 7.48. The van der Waals surface area contributed by atoms with Gasteiger partial charge in [0, 0.05) is 12.1 Å². The van der Waals surface area contributed by atoms with Crippen molar-refractivity contribution in [3.63, 3.8) is 0 Å². The van der Waals surface area contributed by atoms with E-state index >= 15 is 0 Å². The van der Waals surface area contributed by atoms with Gasteiger partial charge < -0.3 is 10.6 Å². The largest absolute Gasteiger partial charge is 0.330 e. The minimum Gasteiger partial charge on any atom is -0.330 e. The highest BCUT2D eigenvalue weighted by Crippen LogP contribution is 2.20. The minimum atomic E-state index is -0.0362. The molecule has 78 valence electrons. The monoisotopic (exact) mass is 203 g/mol. The number of carbonyl (C=O) groups is 1. The van der Waals surface area contributed by atoms with E-state index in [-0.39, 0.29) is 12.3 Å². The van der Waals surface area contributed by atoms with Gasteiger partial charge in [-0.15, -0.1) is 0 Å². The second kappa shape index (κ2) is 4.23. The molecule has 0 atom stereocenters. The fraction of sp³-hybridized carbons (Fsp3) is 0.273. The van der Waals surface area contributed by atoms with E-state index in [0.29, 0.717) is 5.56 Å². The first-order valence-electron chi connectivity index (χ1n) is 4.92. The summed E-state index contributed by atoms with van der Waals surface area (Å²) in [6.45, 7) is 1.65. The van der Waals surface area contributed by atoms with Crippen molar-refractivity contribution in [2.24, 2.45) is 10.7 Å². The Morgan fingerprint density at radius 2 is 2.27 bits per heavy atom. The lowest BCUT2D eigenvalue weighted by Crippen LogP contribution is -2.23. The summed E-state index contributed by atoms with van der Waals surface area (Å²) < 4.78 is 0. The average Bonchev–Trinajstić information content (AvgIpc) is 2.81. The van der Waals surface area contributed by atoms with Crippen LogP contribution in [0.15, 0.2) is 29.3 Å². The van der Waals surface area contributed by atoms with Crippen LogP contribution in [0.5, 0.6) is 0 Å². The van der Waals surface area contributed by atoms with Gasteiger partial charge in [0.1, 0.15) is 0 Å². The molecule has 15 heavy (non-hydrogen) atoms. The van der Waals surface area contributed by atoms with E-state index in [2.05, 4.69) is 4.99 Å². The van der Waals surface area contributed by atoms with E-state index in [0.717, 1.165) is 18.8 Å². The molecular formula is C11H13N3O. The first kappa shape index (κ1) is 9.86. The third kappa shape index (κ3) is 1.89. The smallest absolute Gasteiger partial charge is 0.178 e. The SMILES string of the molecule is NCC(=O)c1ccccc1N1C=NCC1. The Kier molecular flexibility index (Phi) is 2.78. The Hall–Kier alpha value is -1.68. The lowest BCUT2D eigenvalue weighted by atomic mass is 10.1. The van der Waals surface area contributed by atoms with Crippen molar-refractivity contribution in [1.29, 1.82) is 0 Å². The number of carbonyl (C=O) groups excluding carboxylic acids is 1. The average molecular weight is 203 g/mol. The zero-order valence-corrected chi connectivity index (χ0v) is 8.39. The summed E-state index contributed by atoms with van der Waals surface area (Å²) in [4.78, 5) is 17.7. The van der Waals surface area contributed by atoms with Crippen LogP contribution in [0.1, 0.15) is 10.4 Å². The quantitative estimate of drug-likeness (QED) is 0.735. The number of hydrogen-bond donors (Lipinski definition) is 1. The van der Waals surface area contributed by atoms with Crippen LogP contribution >= 0.6 is 0 Å². The maximum atomic E-state index is 11.6. The molecule has 0 aromatic heterocycles. The Morgan fingerprint density at radius 1 is 1.47 bits per heavy atom. The molecule has 2 N–H and O–H groups in total. The van der Waals surface area contributed by atoms with E-state index in [4.69, 9.17) is 5.73 Å². The van der Waals surface area contributed by atoms with Crippen molar-refractivity contribution in [2.75, 3.05) is 24.5 Å². The highest BCUT2D eigenvalue weighted by Gasteiger charge is 2.15. The molecule has 0 saturated carbocycles. The highest BCUT2D eigenvalue weighted by atomic mass is 16.1. The first-order valence-corrected chi connectivity index (χ1v) is 4.92. The number of rotatable bonds is 3. The van der Waals surface area contributed by atoms with Crippen LogP contribution in [0.2, 0.25) is 0 Å². The molecule has 4 heteroatoms. The third-order valence-electron chi connectivity index (χ3n) is 2.39. The van der Waals surface area contributed by atoms with Gasteiger partial charge >= 0.3 is 0 Å². The molecule has 1 aliphatic heterocycles. The number of para-hydroxylation sites is 1. The molecule has 4 nitrogen and oxygen atoms in total. The van der Waals surface area contributed by atoms with Crippen LogP contribution in [0.3, 0.4) is 0 Å². The van der Waals surface area contributed by atoms with E-state index in [1.165, 1.54) is 0 Å². The normalized spacial score (nSPS) is 14.6. The maximum Gasteiger partial charge on any atom is 0.178 e. The molecule has 0 bridgehead atoms. The summed E-state index contributed by atoms with van der Waals surface area (Å²) in [7, 11) is 0. The minimum absolute atomic E-state index is 0.0362. The van der Waals surface area contributed by atoms with Crippen LogP contribution in [0, 0.1) is 0 Å². The zero-order chi connectivity index (χ0) is 10.7. The molecule has 0 spiro atoms. The molecule has 0 saturated heterocycles. The third-order valence-corrected chi connectivity index (χ3v) is 2.39. The molecular weight excluding hydrogens is 190 g/mol. The number of nitrogens with zero attached hydrogens (tertiary/aromatic N) is 2. The summed E-state index contributed by atoms with van der Waals surface area (Å²) >= 11 is 0. The molecule has 0 amide bonds. The van der Waals surface area contributed by atoms with Crippen molar-refractivity contribution in [3.8, 4) is 0 Å². The molecule has 1 aliphatic rings. The number of nitrogens with two attached hydrogens (primary N) is 1. The van der Waals surface area contributed by atoms with Crippen molar-refractivity contribution in [2.45, 2.75) is 0 Å². The fourth-order valence-corrected chi connectivity index (χ4v) is 1.63. The van der Waals surface area contributed by atoms with Crippen molar-refractivity contribution < 1.29 is 4.79 Å². The number of aliphatic imine (C=N–C) groups is 1. The lowest BCUT2D eigenvalue weighted by Gasteiger charge is -2.17. The van der Waals surface area contributed by atoms with Gasteiger partial charge in [-0.2, -0.15) is 0 Å². The first-order chi connectivity index (χ1) is 7.33. The van der Waals surface area contributed by atoms with Crippen LogP contribution in [-0.4, -0.2) is 31.8 Å². The Labute approximate surface area is 88.4 Å². The standard InChI is InChI=1S/C11H13N3O/c12-7-11(15)9-3-1-2-4-10(9)14-6-5-13-8-14/h1-4,8H,5-7,12H2. The van der Waals surface area contributed by atoms with Gasteiger partial charge in [-0.3, -0.25) is 9.79 Å². The van der Waals surface area contributed by atoms with Crippen LogP contribution in [0.25, 0.3) is 0 Å². The predicted molar refractivity (Wildman–Crippen MR) is 60.5 cm³/mol. The van der Waals surface area contributed by atoms with Crippen LogP contribution < -0.4 is 10.6 Å². The lowest BCUT2D eigenvalue weighted by molar-refractivity contribution is 0.100. The molecule has 1 aromatic rings.